The Balaban J connectivity index is 0.000000551. The van der Waals surface area contributed by atoms with E-state index in [-0.39, 0.29) is 0 Å². The van der Waals surface area contributed by atoms with Crippen LogP contribution in [0.2, 0.25) is 0 Å². The summed E-state index contributed by atoms with van der Waals surface area (Å²) in [5.74, 6) is 1.11. The molecule has 0 spiro atoms. The molecule has 0 fully saturated rings. The maximum absolute atomic E-state index is 5.43. The number of hydrogen-bond acceptors (Lipinski definition) is 2. The second-order valence-corrected chi connectivity index (χ2v) is 10.4. The summed E-state index contributed by atoms with van der Waals surface area (Å²) < 4.78 is 6.85. The first kappa shape index (κ1) is 42.1. The minimum Gasteiger partial charge on any atom is -0.493 e. The summed E-state index contributed by atoms with van der Waals surface area (Å²) >= 11 is 1.81. The molecular formula is C44H60OS. The van der Waals surface area contributed by atoms with Crippen LogP contribution in [0.4, 0.5) is 0 Å². The zero-order valence-electron chi connectivity index (χ0n) is 30.8. The van der Waals surface area contributed by atoms with E-state index in [0.29, 0.717) is 0 Å². The highest BCUT2D eigenvalue weighted by atomic mass is 32.1. The molecule has 0 saturated carbocycles. The quantitative estimate of drug-likeness (QED) is 0.161. The lowest BCUT2D eigenvalue weighted by molar-refractivity contribution is 0.354. The lowest BCUT2D eigenvalue weighted by atomic mass is 10.1. The lowest BCUT2D eigenvalue weighted by Crippen LogP contribution is -1.87. The Kier molecular flexibility index (Phi) is 24.1. The van der Waals surface area contributed by atoms with E-state index >= 15 is 0 Å². The zero-order valence-corrected chi connectivity index (χ0v) is 31.6. The first-order chi connectivity index (χ1) is 22.5. The van der Waals surface area contributed by atoms with Gasteiger partial charge in [-0.25, -0.2) is 0 Å². The van der Waals surface area contributed by atoms with Crippen molar-refractivity contribution in [1.29, 1.82) is 0 Å². The smallest absolute Gasteiger partial charge is 0.125 e. The van der Waals surface area contributed by atoms with E-state index in [9.17, 15) is 0 Å². The number of rotatable bonds is 0. The molecule has 2 heteroatoms. The van der Waals surface area contributed by atoms with Crippen molar-refractivity contribution in [2.24, 2.45) is 0 Å². The maximum Gasteiger partial charge on any atom is 0.125 e. The second-order valence-electron chi connectivity index (χ2n) is 9.53. The minimum absolute atomic E-state index is 0.861. The standard InChI is InChI=1S/C11H10.C9H10O.C9H8S.C7H8.4C2H6/c1-9-5-4-7-10-6-2-3-8-11(9)10;2*1-7-3-2-4-8-5-6-10-9(7)8;1-7-5-3-2-4-6-7;4*1-2/h2-8H,1H3;2-4H,5-6H2,1H3;2-6H,1H3;2-6H,1H3;4*1-2H3. The van der Waals surface area contributed by atoms with Gasteiger partial charge in [-0.05, 0) is 77.6 Å². The van der Waals surface area contributed by atoms with Gasteiger partial charge in [0.15, 0.2) is 0 Å². The van der Waals surface area contributed by atoms with E-state index in [1.54, 1.807) is 0 Å². The van der Waals surface area contributed by atoms with Crippen LogP contribution in [-0.4, -0.2) is 6.61 Å². The number of ether oxygens (including phenoxy) is 1. The molecule has 0 atom stereocenters. The van der Waals surface area contributed by atoms with Crippen molar-refractivity contribution in [1.82, 2.24) is 0 Å². The van der Waals surface area contributed by atoms with E-state index in [4.69, 9.17) is 4.74 Å². The highest BCUT2D eigenvalue weighted by Crippen LogP contribution is 2.28. The Morgan fingerprint density at radius 3 is 1.57 bits per heavy atom. The van der Waals surface area contributed by atoms with Crippen LogP contribution in [-0.2, 0) is 6.42 Å². The van der Waals surface area contributed by atoms with E-state index < -0.39 is 0 Å². The molecule has 2 heterocycles. The van der Waals surface area contributed by atoms with Crippen LogP contribution in [0.15, 0.2) is 121 Å². The molecule has 0 radical (unpaired) electrons. The molecule has 1 aliphatic heterocycles. The first-order valence-electron chi connectivity index (χ1n) is 17.1. The van der Waals surface area contributed by atoms with E-state index in [1.807, 2.05) is 84.9 Å². The third-order valence-electron chi connectivity index (χ3n) is 6.54. The van der Waals surface area contributed by atoms with Gasteiger partial charge in [0.1, 0.15) is 5.75 Å². The second kappa shape index (κ2) is 26.3. The van der Waals surface area contributed by atoms with Gasteiger partial charge >= 0.3 is 0 Å². The molecule has 1 aliphatic rings. The van der Waals surface area contributed by atoms with Gasteiger partial charge < -0.3 is 4.74 Å². The molecule has 0 unspecified atom stereocenters. The van der Waals surface area contributed by atoms with Crippen molar-refractivity contribution in [3.63, 3.8) is 0 Å². The molecule has 5 aromatic carbocycles. The van der Waals surface area contributed by atoms with Crippen LogP contribution in [0, 0.1) is 27.7 Å². The fourth-order valence-electron chi connectivity index (χ4n) is 4.44. The van der Waals surface area contributed by atoms with Crippen LogP contribution in [0.5, 0.6) is 5.75 Å². The van der Waals surface area contributed by atoms with Gasteiger partial charge in [-0.3, -0.25) is 0 Å². The van der Waals surface area contributed by atoms with Crippen LogP contribution in [0.1, 0.15) is 83.2 Å². The van der Waals surface area contributed by atoms with Gasteiger partial charge in [-0.1, -0.05) is 170 Å². The molecule has 1 nitrogen and oxygen atoms in total. The molecule has 7 rings (SSSR count). The monoisotopic (exact) mass is 636 g/mol. The number of hydrogen-bond donors (Lipinski definition) is 0. The molecule has 0 aliphatic carbocycles. The van der Waals surface area contributed by atoms with Crippen molar-refractivity contribution >= 4 is 32.2 Å². The van der Waals surface area contributed by atoms with Crippen LogP contribution < -0.4 is 4.74 Å². The Hall–Kier alpha value is -3.88. The summed E-state index contributed by atoms with van der Waals surface area (Å²) in [6, 6.07) is 40.0. The highest BCUT2D eigenvalue weighted by Gasteiger charge is 2.12. The van der Waals surface area contributed by atoms with Crippen molar-refractivity contribution in [3.8, 4) is 5.75 Å². The Labute approximate surface area is 286 Å². The third kappa shape index (κ3) is 14.5. The summed E-state index contributed by atoms with van der Waals surface area (Å²) in [6.45, 7) is 25.3. The van der Waals surface area contributed by atoms with Gasteiger partial charge in [0.2, 0.25) is 0 Å². The number of fused-ring (bicyclic) bond motifs is 3. The zero-order chi connectivity index (χ0) is 34.7. The van der Waals surface area contributed by atoms with Crippen LogP contribution >= 0.6 is 11.3 Å². The van der Waals surface area contributed by atoms with Gasteiger partial charge in [0.05, 0.1) is 6.61 Å². The van der Waals surface area contributed by atoms with E-state index in [1.165, 1.54) is 48.7 Å². The molecular weight excluding hydrogens is 577 g/mol. The minimum atomic E-state index is 0.861. The van der Waals surface area contributed by atoms with Crippen molar-refractivity contribution in [3.05, 3.63) is 148 Å². The average molecular weight is 637 g/mol. The molecule has 0 bridgehead atoms. The molecule has 6 aromatic rings. The van der Waals surface area contributed by atoms with Crippen LogP contribution in [0.25, 0.3) is 20.9 Å². The Bertz CT molecular complexity index is 1580. The number of benzene rings is 5. The van der Waals surface area contributed by atoms with Crippen molar-refractivity contribution in [2.75, 3.05) is 6.61 Å². The number of thiophene rings is 1. The molecule has 248 valence electrons. The van der Waals surface area contributed by atoms with Gasteiger partial charge in [-0.15, -0.1) is 11.3 Å². The first-order valence-corrected chi connectivity index (χ1v) is 18.0. The molecule has 0 amide bonds. The van der Waals surface area contributed by atoms with Crippen molar-refractivity contribution < 1.29 is 4.74 Å². The van der Waals surface area contributed by atoms with Gasteiger partial charge in [0.25, 0.3) is 0 Å². The molecule has 46 heavy (non-hydrogen) atoms. The van der Waals surface area contributed by atoms with Gasteiger partial charge in [0, 0.05) is 11.1 Å². The van der Waals surface area contributed by atoms with Crippen molar-refractivity contribution in [2.45, 2.75) is 89.5 Å². The van der Waals surface area contributed by atoms with E-state index in [0.717, 1.165) is 18.8 Å². The summed E-state index contributed by atoms with van der Waals surface area (Å²) in [5, 5.41) is 6.19. The van der Waals surface area contributed by atoms with E-state index in [2.05, 4.69) is 130 Å². The van der Waals surface area contributed by atoms with Crippen LogP contribution in [0.3, 0.4) is 0 Å². The largest absolute Gasteiger partial charge is 0.493 e. The Morgan fingerprint density at radius 1 is 0.478 bits per heavy atom. The predicted molar refractivity (Wildman–Crippen MR) is 212 cm³/mol. The fourth-order valence-corrected chi connectivity index (χ4v) is 5.32. The topological polar surface area (TPSA) is 9.23 Å². The number of aryl methyl sites for hydroxylation is 4. The summed E-state index contributed by atoms with van der Waals surface area (Å²) in [7, 11) is 0. The molecule has 1 aromatic heterocycles. The maximum atomic E-state index is 5.43. The SMILES string of the molecule is CC.CC.CC.CC.Cc1cccc2c1OCC2.Cc1cccc2ccccc12.Cc1cccc2ccsc12.Cc1ccccc1. The predicted octanol–water partition coefficient (Wildman–Crippen LogP) is 14.4. The summed E-state index contributed by atoms with van der Waals surface area (Å²) in [4.78, 5) is 0. The molecule has 0 N–H and O–H groups in total. The summed E-state index contributed by atoms with van der Waals surface area (Å²) in [5.41, 5.74) is 6.67. The lowest BCUT2D eigenvalue weighted by Gasteiger charge is -2.00. The van der Waals surface area contributed by atoms with Gasteiger partial charge in [-0.2, -0.15) is 0 Å². The highest BCUT2D eigenvalue weighted by molar-refractivity contribution is 7.17. The summed E-state index contributed by atoms with van der Waals surface area (Å²) in [6.07, 6.45) is 1.08. The fraction of sp³-hybridized carbons (Fsp3) is 0.318. The number of para-hydroxylation sites is 1. The average Bonchev–Trinajstić information content (AvgIpc) is 3.82. The Morgan fingerprint density at radius 2 is 1.00 bits per heavy atom. The third-order valence-corrected chi connectivity index (χ3v) is 7.60. The normalized spacial score (nSPS) is 9.74. The molecule has 0 saturated heterocycles.